The third-order valence-electron chi connectivity index (χ3n) is 10.9. The van der Waals surface area contributed by atoms with Crippen LogP contribution in [0.3, 0.4) is 0 Å². The molecule has 8 aromatic carbocycles. The van der Waals surface area contributed by atoms with E-state index in [2.05, 4.69) is 176 Å². The number of nitrogens with zero attached hydrogens (tertiary/aromatic N) is 3. The molecule has 11 rings (SSSR count). The predicted octanol–water partition coefficient (Wildman–Crippen LogP) is 14.5. The van der Waals surface area contributed by atoms with Gasteiger partial charge in [0, 0.05) is 47.8 Å². The van der Waals surface area contributed by atoms with Crippen molar-refractivity contribution in [1.82, 2.24) is 15.0 Å². The molecule has 0 aliphatic rings. The van der Waals surface area contributed by atoms with Gasteiger partial charge in [0.2, 0.25) is 0 Å². The van der Waals surface area contributed by atoms with Gasteiger partial charge < -0.3 is 0 Å². The lowest BCUT2D eigenvalue weighted by molar-refractivity contribution is 1.18. The average Bonchev–Trinajstić information content (AvgIpc) is 3.69. The summed E-state index contributed by atoms with van der Waals surface area (Å²) in [6.45, 7) is 0. The van der Waals surface area contributed by atoms with Crippen LogP contribution in [0.5, 0.6) is 0 Å². The first-order valence-electron chi connectivity index (χ1n) is 19.2. The van der Waals surface area contributed by atoms with Crippen LogP contribution < -0.4 is 0 Å². The molecule has 0 aliphatic carbocycles. The fourth-order valence-corrected chi connectivity index (χ4v) is 9.19. The number of aromatic nitrogens is 3. The fourth-order valence-electron chi connectivity index (χ4n) is 7.96. The number of thiophene rings is 1. The maximum Gasteiger partial charge on any atom is 0.160 e. The minimum absolute atomic E-state index is 0.705. The van der Waals surface area contributed by atoms with Gasteiger partial charge in [-0.25, -0.2) is 15.0 Å². The van der Waals surface area contributed by atoms with Crippen molar-refractivity contribution in [3.8, 4) is 67.4 Å². The molecule has 57 heavy (non-hydrogen) atoms. The summed E-state index contributed by atoms with van der Waals surface area (Å²) in [5.74, 6) is 0.705. The average molecular weight is 744 g/mol. The summed E-state index contributed by atoms with van der Waals surface area (Å²) in [7, 11) is 0. The van der Waals surface area contributed by atoms with Crippen molar-refractivity contribution in [3.05, 3.63) is 200 Å². The highest BCUT2D eigenvalue weighted by atomic mass is 32.1. The molecule has 0 aliphatic heterocycles. The molecule has 0 saturated heterocycles. The van der Waals surface area contributed by atoms with Crippen LogP contribution in [0.15, 0.2) is 200 Å². The van der Waals surface area contributed by atoms with Gasteiger partial charge >= 0.3 is 0 Å². The molecule has 0 amide bonds. The zero-order valence-corrected chi connectivity index (χ0v) is 31.6. The largest absolute Gasteiger partial charge is 0.247 e. The second-order valence-corrected chi connectivity index (χ2v) is 15.5. The smallest absolute Gasteiger partial charge is 0.160 e. The Morgan fingerprint density at radius 2 is 0.877 bits per heavy atom. The SMILES string of the molecule is c1ccc(-c2cccc(-c3cc(-c4ccc(-c5ccc(-c6nc7cc8ccccc8cc7c7sc8ccccc8c67)cc5)cc4)nc(-c4ccccc4)n3)c2)cc1. The molecule has 3 aromatic heterocycles. The van der Waals surface area contributed by atoms with Crippen molar-refractivity contribution in [2.75, 3.05) is 0 Å². The van der Waals surface area contributed by atoms with E-state index in [1.54, 1.807) is 0 Å². The lowest BCUT2D eigenvalue weighted by Crippen LogP contribution is -1.96. The molecule has 0 spiro atoms. The monoisotopic (exact) mass is 743 g/mol. The van der Waals surface area contributed by atoms with E-state index >= 15 is 0 Å². The van der Waals surface area contributed by atoms with Gasteiger partial charge in [0.15, 0.2) is 5.82 Å². The van der Waals surface area contributed by atoms with Gasteiger partial charge in [0.25, 0.3) is 0 Å². The van der Waals surface area contributed by atoms with E-state index in [0.29, 0.717) is 5.82 Å². The summed E-state index contributed by atoms with van der Waals surface area (Å²) in [6, 6.07) is 70.8. The molecule has 3 heterocycles. The zero-order chi connectivity index (χ0) is 37.7. The van der Waals surface area contributed by atoms with Crippen LogP contribution in [0, 0.1) is 0 Å². The number of benzene rings is 8. The minimum Gasteiger partial charge on any atom is -0.247 e. The third-order valence-corrected chi connectivity index (χ3v) is 12.1. The van der Waals surface area contributed by atoms with Gasteiger partial charge in [0.05, 0.1) is 22.6 Å². The Labute approximate surface area is 334 Å². The normalized spacial score (nSPS) is 11.5. The molecule has 266 valence electrons. The van der Waals surface area contributed by atoms with E-state index < -0.39 is 0 Å². The summed E-state index contributed by atoms with van der Waals surface area (Å²) in [5, 5.41) is 6.12. The maximum atomic E-state index is 5.37. The first kappa shape index (κ1) is 33.1. The van der Waals surface area contributed by atoms with Crippen molar-refractivity contribution in [1.29, 1.82) is 0 Å². The highest BCUT2D eigenvalue weighted by Gasteiger charge is 2.17. The molecule has 0 radical (unpaired) electrons. The second-order valence-electron chi connectivity index (χ2n) is 14.4. The topological polar surface area (TPSA) is 38.7 Å². The van der Waals surface area contributed by atoms with Crippen molar-refractivity contribution in [2.45, 2.75) is 0 Å². The van der Waals surface area contributed by atoms with Crippen LogP contribution in [0.1, 0.15) is 0 Å². The Morgan fingerprint density at radius 3 is 1.61 bits per heavy atom. The van der Waals surface area contributed by atoms with Crippen LogP contribution in [-0.2, 0) is 0 Å². The van der Waals surface area contributed by atoms with Crippen LogP contribution in [0.4, 0.5) is 0 Å². The predicted molar refractivity (Wildman–Crippen MR) is 240 cm³/mol. The van der Waals surface area contributed by atoms with E-state index in [1.165, 1.54) is 41.9 Å². The fraction of sp³-hybridized carbons (Fsp3) is 0. The van der Waals surface area contributed by atoms with Crippen molar-refractivity contribution < 1.29 is 0 Å². The van der Waals surface area contributed by atoms with Crippen molar-refractivity contribution >= 4 is 53.2 Å². The van der Waals surface area contributed by atoms with E-state index in [0.717, 1.165) is 61.5 Å². The standard InChI is InChI=1S/C53H33N3S/c1-3-12-34(13-4-1)40-18-11-19-43(30-40)47-33-46(55-53(56-47)39-14-5-2-6-15-39)37-26-22-35(23-27-37)36-24-28-38(29-25-36)51-50-44-20-9-10-21-49(44)57-52(50)45-31-41-16-7-8-17-42(41)32-48(45)54-51/h1-33H. The summed E-state index contributed by atoms with van der Waals surface area (Å²) >= 11 is 1.86. The van der Waals surface area contributed by atoms with Gasteiger partial charge in [-0.2, -0.15) is 0 Å². The Balaban J connectivity index is 0.961. The van der Waals surface area contributed by atoms with Gasteiger partial charge in [0.1, 0.15) is 0 Å². The van der Waals surface area contributed by atoms with Crippen LogP contribution in [0.25, 0.3) is 109 Å². The van der Waals surface area contributed by atoms with E-state index in [-0.39, 0.29) is 0 Å². The van der Waals surface area contributed by atoms with E-state index in [1.807, 2.05) is 35.6 Å². The molecule has 3 nitrogen and oxygen atoms in total. The number of pyridine rings is 1. The highest BCUT2D eigenvalue weighted by molar-refractivity contribution is 7.26. The van der Waals surface area contributed by atoms with E-state index in [4.69, 9.17) is 15.0 Å². The summed E-state index contributed by atoms with van der Waals surface area (Å²) in [5.41, 5.74) is 12.6. The van der Waals surface area contributed by atoms with Crippen LogP contribution in [0.2, 0.25) is 0 Å². The van der Waals surface area contributed by atoms with Crippen LogP contribution >= 0.6 is 11.3 Å². The summed E-state index contributed by atoms with van der Waals surface area (Å²) in [4.78, 5) is 15.5. The van der Waals surface area contributed by atoms with Crippen LogP contribution in [-0.4, -0.2) is 15.0 Å². The molecule has 0 saturated carbocycles. The quantitative estimate of drug-likeness (QED) is 0.159. The molecule has 0 N–H and O–H groups in total. The lowest BCUT2D eigenvalue weighted by atomic mass is 9.97. The molecule has 0 fully saturated rings. The summed E-state index contributed by atoms with van der Waals surface area (Å²) < 4.78 is 2.56. The molecule has 0 atom stereocenters. The van der Waals surface area contributed by atoms with Gasteiger partial charge in [-0.3, -0.25) is 0 Å². The molecule has 11 aromatic rings. The molecule has 4 heteroatoms. The molecular formula is C53H33N3S. The highest BCUT2D eigenvalue weighted by Crippen LogP contribution is 2.44. The molecule has 0 bridgehead atoms. The van der Waals surface area contributed by atoms with Crippen molar-refractivity contribution in [2.24, 2.45) is 0 Å². The second kappa shape index (κ2) is 13.8. The lowest BCUT2D eigenvalue weighted by Gasteiger charge is -2.12. The Morgan fingerprint density at radius 1 is 0.333 bits per heavy atom. The maximum absolute atomic E-state index is 5.37. The Hall–Kier alpha value is -7.27. The first-order valence-corrected chi connectivity index (χ1v) is 20.0. The van der Waals surface area contributed by atoms with Gasteiger partial charge in [-0.05, 0) is 63.4 Å². The minimum atomic E-state index is 0.705. The Bertz CT molecular complexity index is 3260. The van der Waals surface area contributed by atoms with Crippen molar-refractivity contribution in [3.63, 3.8) is 0 Å². The van der Waals surface area contributed by atoms with E-state index in [9.17, 15) is 0 Å². The molecular weight excluding hydrogens is 711 g/mol. The summed E-state index contributed by atoms with van der Waals surface area (Å²) in [6.07, 6.45) is 0. The van der Waals surface area contributed by atoms with Gasteiger partial charge in [-0.1, -0.05) is 170 Å². The number of hydrogen-bond donors (Lipinski definition) is 0. The Kier molecular flexibility index (Phi) is 8.01. The zero-order valence-electron chi connectivity index (χ0n) is 30.8. The molecule has 0 unspecified atom stereocenters. The first-order chi connectivity index (χ1) is 28.2. The number of hydrogen-bond acceptors (Lipinski definition) is 4. The number of rotatable bonds is 6. The number of fused-ring (bicyclic) bond motifs is 6. The third kappa shape index (κ3) is 6.04. The van der Waals surface area contributed by atoms with Gasteiger partial charge in [-0.15, -0.1) is 11.3 Å².